The molecule has 0 atom stereocenters. The smallest absolute Gasteiger partial charge is 0.369 e. The lowest BCUT2D eigenvalue weighted by Crippen LogP contribution is -2.27. The number of halogens is 3. The zero-order valence-corrected chi connectivity index (χ0v) is 46.8. The Morgan fingerprint density at radius 1 is 0.538 bits per heavy atom. The zero-order valence-electron chi connectivity index (χ0n) is 42.0. The average molecular weight is 1230 g/mol. The molecule has 4 aromatic heterocycles. The SMILES string of the molecule is BrB(Br)Br.C.COc1ccc(CC(=O)CNc2nc(-c3ccncc3)c(-c3ccc4ccccc4c3)c(=O)n2C)cc1.Cn1c(NCC(=O)Cc2ccc(O)cc2)nc(-c2ccncc2)c(-c2ccc3ccccc3c2)c1=O. The molecule has 6 aromatic carbocycles. The van der Waals surface area contributed by atoms with E-state index >= 15 is 0 Å². The molecule has 0 bridgehead atoms. The number of phenols is 1. The first-order valence-electron chi connectivity index (χ1n) is 24.1. The molecular formula is C60H54BBr3N8O6. The predicted molar refractivity (Wildman–Crippen MR) is 326 cm³/mol. The number of benzene rings is 6. The summed E-state index contributed by atoms with van der Waals surface area (Å²) in [5.41, 5.74) is 6.35. The number of nitrogens with one attached hydrogen (secondary N) is 2. The second kappa shape index (κ2) is 27.3. The van der Waals surface area contributed by atoms with Gasteiger partial charge in [-0.3, -0.25) is 38.3 Å². The summed E-state index contributed by atoms with van der Waals surface area (Å²) in [6, 6.07) is 49.1. The summed E-state index contributed by atoms with van der Waals surface area (Å²) in [7, 11) is 4.91. The molecular weight excluding hydrogens is 1180 g/mol. The maximum absolute atomic E-state index is 13.7. The molecule has 78 heavy (non-hydrogen) atoms. The number of anilines is 2. The number of fused-ring (bicyclic) bond motifs is 2. The quantitative estimate of drug-likeness (QED) is 0.0827. The molecule has 10 rings (SSSR count). The fourth-order valence-electron chi connectivity index (χ4n) is 8.46. The minimum absolute atomic E-state index is 0. The summed E-state index contributed by atoms with van der Waals surface area (Å²) >= 11 is 9.31. The molecule has 0 spiro atoms. The van der Waals surface area contributed by atoms with Crippen molar-refractivity contribution in [3.05, 3.63) is 214 Å². The molecule has 0 saturated heterocycles. The molecule has 0 radical (unpaired) electrons. The Hall–Kier alpha value is -8.06. The van der Waals surface area contributed by atoms with Crippen LogP contribution < -0.4 is 26.5 Å². The first-order valence-corrected chi connectivity index (χ1v) is 26.9. The summed E-state index contributed by atoms with van der Waals surface area (Å²) in [5.74, 6) is 1.42. The highest BCUT2D eigenvalue weighted by Gasteiger charge is 2.21. The van der Waals surface area contributed by atoms with Gasteiger partial charge in [0.05, 0.1) is 42.7 Å². The lowest BCUT2D eigenvalue weighted by Gasteiger charge is -2.16. The van der Waals surface area contributed by atoms with Crippen molar-refractivity contribution < 1.29 is 19.4 Å². The van der Waals surface area contributed by atoms with Crippen LogP contribution in [-0.4, -0.2) is 69.1 Å². The third-order valence-corrected chi connectivity index (χ3v) is 12.4. The van der Waals surface area contributed by atoms with E-state index in [1.807, 2.05) is 133 Å². The normalized spacial score (nSPS) is 10.5. The molecule has 10 aromatic rings. The third kappa shape index (κ3) is 14.7. The number of phenolic OH excluding ortho intramolecular Hbond substituents is 1. The van der Waals surface area contributed by atoms with E-state index in [0.717, 1.165) is 60.7 Å². The zero-order chi connectivity index (χ0) is 54.4. The number of hydrogen-bond acceptors (Lipinski definition) is 12. The van der Waals surface area contributed by atoms with Crippen LogP contribution in [0, 0.1) is 0 Å². The second-order valence-corrected chi connectivity index (χ2v) is 24.0. The fraction of sp³-hybridized carbons (Fsp3) is 0.133. The lowest BCUT2D eigenvalue weighted by molar-refractivity contribution is -0.117. The third-order valence-electron chi connectivity index (χ3n) is 12.4. The summed E-state index contributed by atoms with van der Waals surface area (Å²) in [5, 5.41) is 19.8. The number of nitrogens with zero attached hydrogens (tertiary/aromatic N) is 6. The number of Topliss-reactive ketones (excluding diaryl/α,β-unsaturated/α-hetero) is 2. The van der Waals surface area contributed by atoms with Gasteiger partial charge >= 0.3 is 3.18 Å². The van der Waals surface area contributed by atoms with Gasteiger partial charge in [-0.2, -0.15) is 0 Å². The van der Waals surface area contributed by atoms with Crippen molar-refractivity contribution in [1.29, 1.82) is 0 Å². The predicted octanol–water partition coefficient (Wildman–Crippen LogP) is 12.3. The van der Waals surface area contributed by atoms with Crippen molar-refractivity contribution in [2.45, 2.75) is 20.3 Å². The molecule has 0 unspecified atom stereocenters. The molecule has 3 N–H and O–H groups in total. The number of pyridine rings is 2. The van der Waals surface area contributed by atoms with Gasteiger partial charge in [0.1, 0.15) is 11.5 Å². The van der Waals surface area contributed by atoms with Crippen molar-refractivity contribution in [2.75, 3.05) is 30.8 Å². The Morgan fingerprint density at radius 2 is 0.910 bits per heavy atom. The topological polar surface area (TPSA) is 183 Å². The van der Waals surface area contributed by atoms with Gasteiger partial charge in [-0.15, -0.1) is 47.3 Å². The Bertz CT molecular complexity index is 3810. The van der Waals surface area contributed by atoms with E-state index in [1.165, 1.54) is 9.13 Å². The van der Waals surface area contributed by atoms with E-state index in [1.54, 1.807) is 70.3 Å². The average Bonchev–Trinajstić information content (AvgIpc) is 3.45. The van der Waals surface area contributed by atoms with E-state index in [2.05, 4.69) is 67.9 Å². The van der Waals surface area contributed by atoms with Crippen LogP contribution in [-0.2, 0) is 36.5 Å². The van der Waals surface area contributed by atoms with Gasteiger partial charge in [-0.05, 0) is 104 Å². The van der Waals surface area contributed by atoms with Crippen LogP contribution in [0.15, 0.2) is 192 Å². The number of aromatic nitrogens is 6. The van der Waals surface area contributed by atoms with Crippen molar-refractivity contribution in [2.24, 2.45) is 14.1 Å². The standard InChI is InChI=1S/C30H26N4O3.C29H24N4O3.CH4.BBr3/c1-34-29(36)27(24-10-9-21-5-3-4-6-23(21)18-24)28(22-13-15-31-16-14-22)33-30(34)32-19-25(35)17-20-7-11-26(37-2)12-8-20;1-33-28(36)26(23-9-8-20-4-2-3-5-22(20)17-23)27(21-12-14-30-15-13-21)32-29(33)31-18-25(35)16-19-6-10-24(34)11-7-19;;2-1(3)4/h3-16,18H,17,19H2,1-2H3,(H,32,33);2-15,17,34H,16,18H2,1H3,(H,31,32);1H4;. The number of ketones is 2. The monoisotopic (exact) mass is 1230 g/mol. The fourth-order valence-corrected chi connectivity index (χ4v) is 8.46. The van der Waals surface area contributed by atoms with Gasteiger partial charge in [-0.25, -0.2) is 9.97 Å². The van der Waals surface area contributed by atoms with Crippen LogP contribution in [0.4, 0.5) is 11.9 Å². The first kappa shape index (κ1) is 57.6. The number of rotatable bonds is 15. The maximum atomic E-state index is 13.7. The minimum Gasteiger partial charge on any atom is -0.508 e. The molecule has 0 fully saturated rings. The van der Waals surface area contributed by atoms with Gasteiger partial charge < -0.3 is 20.5 Å². The summed E-state index contributed by atoms with van der Waals surface area (Å²) in [4.78, 5) is 70.4. The summed E-state index contributed by atoms with van der Waals surface area (Å²) in [6.07, 6.45) is 7.12. The Labute approximate surface area is 476 Å². The van der Waals surface area contributed by atoms with E-state index in [-0.39, 0.29) is 65.0 Å². The molecule has 0 aliphatic heterocycles. The number of hydrogen-bond donors (Lipinski definition) is 3. The van der Waals surface area contributed by atoms with Crippen molar-refractivity contribution in [3.63, 3.8) is 0 Å². The first-order chi connectivity index (χ1) is 37.3. The molecule has 18 heteroatoms. The maximum Gasteiger partial charge on any atom is 0.369 e. The van der Waals surface area contributed by atoms with Gasteiger partial charge in [0, 0.05) is 62.9 Å². The van der Waals surface area contributed by atoms with Crippen molar-refractivity contribution >= 4 is 95.5 Å². The van der Waals surface area contributed by atoms with Gasteiger partial charge in [-0.1, -0.05) is 104 Å². The minimum atomic E-state index is -0.222. The summed E-state index contributed by atoms with van der Waals surface area (Å²) in [6.45, 7) is 0.0453. The highest BCUT2D eigenvalue weighted by atomic mass is 79.9. The molecule has 4 heterocycles. The van der Waals surface area contributed by atoms with Crippen LogP contribution >= 0.6 is 47.3 Å². The highest BCUT2D eigenvalue weighted by Crippen LogP contribution is 2.33. The van der Waals surface area contributed by atoms with Crippen LogP contribution in [0.3, 0.4) is 0 Å². The molecule has 0 aliphatic rings. The number of aromatic hydroxyl groups is 1. The Kier molecular flexibility index (Phi) is 20.2. The largest absolute Gasteiger partial charge is 0.508 e. The highest BCUT2D eigenvalue weighted by molar-refractivity contribution is 9.69. The van der Waals surface area contributed by atoms with Crippen LogP contribution in [0.2, 0.25) is 0 Å². The van der Waals surface area contributed by atoms with E-state index in [0.29, 0.717) is 34.4 Å². The number of carbonyl (C=O) groups excluding carboxylic acids is 2. The van der Waals surface area contributed by atoms with E-state index in [9.17, 15) is 24.3 Å². The van der Waals surface area contributed by atoms with Crippen molar-refractivity contribution in [1.82, 2.24) is 29.1 Å². The second-order valence-electron chi connectivity index (χ2n) is 17.5. The number of methoxy groups -OCH3 is 1. The molecule has 14 nitrogen and oxygen atoms in total. The Morgan fingerprint density at radius 3 is 1.29 bits per heavy atom. The molecule has 0 amide bonds. The number of carbonyl (C=O) groups is 2. The van der Waals surface area contributed by atoms with Gasteiger partial charge in [0.15, 0.2) is 11.6 Å². The molecule has 0 saturated carbocycles. The van der Waals surface area contributed by atoms with E-state index < -0.39 is 0 Å². The van der Waals surface area contributed by atoms with Crippen LogP contribution in [0.5, 0.6) is 11.5 Å². The number of ether oxygens (including phenoxy) is 1. The van der Waals surface area contributed by atoms with Crippen LogP contribution in [0.25, 0.3) is 66.3 Å². The Balaban J connectivity index is 0.000000209. The van der Waals surface area contributed by atoms with Gasteiger partial charge in [0.25, 0.3) is 11.1 Å². The molecule has 0 aliphatic carbocycles. The summed E-state index contributed by atoms with van der Waals surface area (Å²) < 4.78 is 8.33. The van der Waals surface area contributed by atoms with Crippen molar-refractivity contribution in [3.8, 4) is 56.3 Å². The van der Waals surface area contributed by atoms with Gasteiger partial charge in [0.2, 0.25) is 11.9 Å². The van der Waals surface area contributed by atoms with E-state index in [4.69, 9.17) is 14.7 Å². The lowest BCUT2D eigenvalue weighted by atomic mass is 9.98. The molecule has 394 valence electrons. The van der Waals surface area contributed by atoms with Crippen LogP contribution in [0.1, 0.15) is 18.6 Å².